The molecule has 2 heterocycles. The van der Waals surface area contributed by atoms with Crippen molar-refractivity contribution in [3.63, 3.8) is 0 Å². The summed E-state index contributed by atoms with van der Waals surface area (Å²) in [6.45, 7) is 0. The summed E-state index contributed by atoms with van der Waals surface area (Å²) in [6.07, 6.45) is 2.93. The zero-order chi connectivity index (χ0) is 11.5. The maximum Gasteiger partial charge on any atom is 0.357 e. The number of anilines is 1. The van der Waals surface area contributed by atoms with Crippen LogP contribution in [0.4, 0.5) is 5.95 Å². The highest BCUT2D eigenvalue weighted by atomic mass is 16.1. The Morgan fingerprint density at radius 2 is 2.19 bits per heavy atom. The van der Waals surface area contributed by atoms with E-state index in [1.165, 1.54) is 15.9 Å². The molecule has 2 aromatic heterocycles. The maximum atomic E-state index is 11.6. The van der Waals surface area contributed by atoms with Crippen LogP contribution in [0.15, 0.2) is 35.5 Å². The fraction of sp³-hybridized carbons (Fsp3) is 0.111. The summed E-state index contributed by atoms with van der Waals surface area (Å²) in [5.74, 6) is 6.05. The lowest BCUT2D eigenvalue weighted by atomic mass is 10.5. The standard InChI is InChI=1S/C9H10N6O/c1-14(10)8-12-6-15(9(16)13-8)7-4-2-3-5-11-7/h2-6H,10H2,1H3. The topological polar surface area (TPSA) is 89.9 Å². The van der Waals surface area contributed by atoms with Gasteiger partial charge in [0.05, 0.1) is 0 Å². The average molecular weight is 218 g/mol. The van der Waals surface area contributed by atoms with Gasteiger partial charge in [-0.3, -0.25) is 5.01 Å². The molecule has 0 atom stereocenters. The second-order valence-corrected chi connectivity index (χ2v) is 3.11. The van der Waals surface area contributed by atoms with Gasteiger partial charge in [0, 0.05) is 13.2 Å². The van der Waals surface area contributed by atoms with Crippen LogP contribution in [0.3, 0.4) is 0 Å². The van der Waals surface area contributed by atoms with Gasteiger partial charge in [-0.25, -0.2) is 25.2 Å². The zero-order valence-electron chi connectivity index (χ0n) is 8.61. The van der Waals surface area contributed by atoms with Gasteiger partial charge in [-0.05, 0) is 12.1 Å². The molecule has 0 bridgehead atoms. The quantitative estimate of drug-likeness (QED) is 0.531. The van der Waals surface area contributed by atoms with E-state index < -0.39 is 5.69 Å². The highest BCUT2D eigenvalue weighted by Gasteiger charge is 2.05. The Bertz CT molecular complexity index is 535. The third kappa shape index (κ3) is 1.89. The second kappa shape index (κ2) is 4.07. The van der Waals surface area contributed by atoms with E-state index in [1.807, 2.05) is 0 Å². The van der Waals surface area contributed by atoms with E-state index in [2.05, 4.69) is 15.0 Å². The van der Waals surface area contributed by atoms with Gasteiger partial charge in [0.25, 0.3) is 0 Å². The number of rotatable bonds is 2. The summed E-state index contributed by atoms with van der Waals surface area (Å²) in [5.41, 5.74) is -0.471. The number of pyridine rings is 1. The van der Waals surface area contributed by atoms with Crippen molar-refractivity contribution in [2.24, 2.45) is 5.84 Å². The Kier molecular flexibility index (Phi) is 2.61. The molecule has 7 heteroatoms. The van der Waals surface area contributed by atoms with Crippen molar-refractivity contribution >= 4 is 5.95 Å². The molecule has 2 aromatic rings. The molecule has 0 fully saturated rings. The van der Waals surface area contributed by atoms with Gasteiger partial charge in [0.15, 0.2) is 0 Å². The normalized spacial score (nSPS) is 10.1. The SMILES string of the molecule is CN(N)c1ncn(-c2ccccn2)c(=O)n1. The number of nitrogens with zero attached hydrogens (tertiary/aromatic N) is 5. The Hall–Kier alpha value is -2.28. The van der Waals surface area contributed by atoms with Gasteiger partial charge < -0.3 is 0 Å². The molecule has 0 aliphatic rings. The molecule has 2 rings (SSSR count). The lowest BCUT2D eigenvalue weighted by molar-refractivity contribution is 0.804. The van der Waals surface area contributed by atoms with E-state index in [9.17, 15) is 4.79 Å². The van der Waals surface area contributed by atoms with E-state index in [0.29, 0.717) is 5.82 Å². The molecular weight excluding hydrogens is 208 g/mol. The van der Waals surface area contributed by atoms with Crippen molar-refractivity contribution in [2.45, 2.75) is 0 Å². The Balaban J connectivity index is 2.49. The fourth-order valence-electron chi connectivity index (χ4n) is 1.15. The first-order chi connectivity index (χ1) is 7.68. The van der Waals surface area contributed by atoms with Crippen molar-refractivity contribution in [2.75, 3.05) is 12.1 Å². The molecule has 0 saturated carbocycles. The first kappa shape index (κ1) is 10.2. The molecule has 82 valence electrons. The zero-order valence-corrected chi connectivity index (χ0v) is 8.61. The van der Waals surface area contributed by atoms with Gasteiger partial charge in [-0.2, -0.15) is 4.98 Å². The fourth-order valence-corrected chi connectivity index (χ4v) is 1.15. The molecule has 0 aliphatic carbocycles. The monoisotopic (exact) mass is 218 g/mol. The predicted molar refractivity (Wildman–Crippen MR) is 58.0 cm³/mol. The second-order valence-electron chi connectivity index (χ2n) is 3.11. The van der Waals surface area contributed by atoms with Crippen LogP contribution in [0, 0.1) is 0 Å². The molecule has 0 aromatic carbocycles. The molecule has 0 saturated heterocycles. The highest BCUT2D eigenvalue weighted by molar-refractivity contribution is 5.25. The van der Waals surface area contributed by atoms with Crippen LogP contribution in [0.5, 0.6) is 0 Å². The van der Waals surface area contributed by atoms with Gasteiger partial charge in [-0.1, -0.05) is 6.07 Å². The smallest absolute Gasteiger partial charge is 0.282 e. The van der Waals surface area contributed by atoms with Gasteiger partial charge >= 0.3 is 5.69 Å². The molecule has 7 nitrogen and oxygen atoms in total. The van der Waals surface area contributed by atoms with Crippen LogP contribution in [0.1, 0.15) is 0 Å². The summed E-state index contributed by atoms with van der Waals surface area (Å²) in [5, 5.41) is 1.17. The largest absolute Gasteiger partial charge is 0.357 e. The summed E-state index contributed by atoms with van der Waals surface area (Å²) >= 11 is 0. The molecule has 2 N–H and O–H groups in total. The molecule has 16 heavy (non-hydrogen) atoms. The third-order valence-electron chi connectivity index (χ3n) is 1.90. The van der Waals surface area contributed by atoms with E-state index in [4.69, 9.17) is 5.84 Å². The van der Waals surface area contributed by atoms with Crippen LogP contribution in [0.2, 0.25) is 0 Å². The maximum absolute atomic E-state index is 11.6. The predicted octanol–water partition coefficient (Wildman–Crippen LogP) is -0.668. The van der Waals surface area contributed by atoms with Gasteiger partial charge in [0.2, 0.25) is 5.95 Å². The molecule has 0 radical (unpaired) electrons. The Labute approximate surface area is 91.2 Å². The first-order valence-corrected chi connectivity index (χ1v) is 4.54. The van der Waals surface area contributed by atoms with E-state index in [0.717, 1.165) is 0 Å². The Morgan fingerprint density at radius 3 is 2.75 bits per heavy atom. The number of hydrazine groups is 1. The van der Waals surface area contributed by atoms with Crippen molar-refractivity contribution < 1.29 is 0 Å². The first-order valence-electron chi connectivity index (χ1n) is 4.54. The number of hydrogen-bond acceptors (Lipinski definition) is 6. The van der Waals surface area contributed by atoms with Crippen molar-refractivity contribution in [1.82, 2.24) is 19.5 Å². The highest BCUT2D eigenvalue weighted by Crippen LogP contribution is 1.99. The minimum Gasteiger partial charge on any atom is -0.282 e. The van der Waals surface area contributed by atoms with Crippen LogP contribution in [-0.2, 0) is 0 Å². The summed E-state index contributed by atoms with van der Waals surface area (Å²) in [6, 6.07) is 5.23. The molecule has 0 amide bonds. The molecule has 0 spiro atoms. The molecule has 0 unspecified atom stereocenters. The van der Waals surface area contributed by atoms with Crippen molar-refractivity contribution in [3.05, 3.63) is 41.2 Å². The van der Waals surface area contributed by atoms with E-state index in [1.54, 1.807) is 31.4 Å². The lowest BCUT2D eigenvalue weighted by Crippen LogP contribution is -2.32. The average Bonchev–Trinajstić information content (AvgIpc) is 2.30. The summed E-state index contributed by atoms with van der Waals surface area (Å²) in [7, 11) is 1.56. The molecule has 0 aliphatic heterocycles. The van der Waals surface area contributed by atoms with Crippen LogP contribution < -0.4 is 16.5 Å². The number of nitrogens with two attached hydrogens (primary N) is 1. The molecular formula is C9H10N6O. The van der Waals surface area contributed by atoms with Gasteiger partial charge in [0.1, 0.15) is 12.1 Å². The minimum absolute atomic E-state index is 0.164. The summed E-state index contributed by atoms with van der Waals surface area (Å²) in [4.78, 5) is 23.3. The van der Waals surface area contributed by atoms with Crippen LogP contribution in [-0.4, -0.2) is 26.6 Å². The van der Waals surface area contributed by atoms with Gasteiger partial charge in [-0.15, -0.1) is 0 Å². The number of hydrogen-bond donors (Lipinski definition) is 1. The lowest BCUT2D eigenvalue weighted by Gasteiger charge is -2.09. The van der Waals surface area contributed by atoms with E-state index >= 15 is 0 Å². The number of aromatic nitrogens is 4. The van der Waals surface area contributed by atoms with E-state index in [-0.39, 0.29) is 5.95 Å². The van der Waals surface area contributed by atoms with Crippen LogP contribution >= 0.6 is 0 Å². The van der Waals surface area contributed by atoms with Crippen molar-refractivity contribution in [3.8, 4) is 5.82 Å². The van der Waals surface area contributed by atoms with Crippen molar-refractivity contribution in [1.29, 1.82) is 0 Å². The summed E-state index contributed by atoms with van der Waals surface area (Å²) < 4.78 is 1.24. The third-order valence-corrected chi connectivity index (χ3v) is 1.90. The minimum atomic E-state index is -0.471. The Morgan fingerprint density at radius 1 is 1.38 bits per heavy atom. The van der Waals surface area contributed by atoms with Crippen LogP contribution in [0.25, 0.3) is 5.82 Å².